The third-order valence-electron chi connectivity index (χ3n) is 5.55. The monoisotopic (exact) mass is 438 g/mol. The Kier molecular flexibility index (Phi) is 5.15. The number of nitrogens with zero attached hydrogens (tertiary/aromatic N) is 3. The van der Waals surface area contributed by atoms with Gasteiger partial charge in [-0.25, -0.2) is 18.6 Å². The van der Waals surface area contributed by atoms with E-state index < -0.39 is 11.6 Å². The lowest BCUT2D eigenvalue weighted by atomic mass is 10.0. The molecule has 0 aliphatic carbocycles. The van der Waals surface area contributed by atoms with E-state index in [-0.39, 0.29) is 11.5 Å². The van der Waals surface area contributed by atoms with Crippen molar-refractivity contribution in [3.05, 3.63) is 71.8 Å². The Bertz CT molecular complexity index is 1260. The molecule has 0 atom stereocenters. The van der Waals surface area contributed by atoms with Gasteiger partial charge in [-0.05, 0) is 22.4 Å². The highest BCUT2D eigenvalue weighted by Gasteiger charge is 2.23. The molecule has 2 heterocycles. The highest BCUT2D eigenvalue weighted by Crippen LogP contribution is 2.31. The van der Waals surface area contributed by atoms with Crippen LogP contribution in [0, 0.1) is 11.6 Å². The number of aromatic nitrogens is 1. The minimum Gasteiger partial charge on any atom is -0.345 e. The number of amides is 2. The predicted molar refractivity (Wildman–Crippen MR) is 120 cm³/mol. The fourth-order valence-corrected chi connectivity index (χ4v) is 4.97. The molecule has 3 aromatic carbocycles. The van der Waals surface area contributed by atoms with Crippen LogP contribution >= 0.6 is 11.3 Å². The Morgan fingerprint density at radius 3 is 2.65 bits per heavy atom. The van der Waals surface area contributed by atoms with Crippen LogP contribution in [0.3, 0.4) is 0 Å². The van der Waals surface area contributed by atoms with Crippen LogP contribution in [0.1, 0.15) is 5.56 Å². The number of benzene rings is 3. The number of hydrogen-bond acceptors (Lipinski definition) is 4. The second-order valence-electron chi connectivity index (χ2n) is 7.50. The number of rotatable bonds is 3. The zero-order chi connectivity index (χ0) is 21.4. The van der Waals surface area contributed by atoms with Crippen molar-refractivity contribution >= 4 is 43.5 Å². The highest BCUT2D eigenvalue weighted by atomic mass is 32.1. The van der Waals surface area contributed by atoms with Crippen molar-refractivity contribution < 1.29 is 13.6 Å². The number of anilines is 1. The normalized spacial score (nSPS) is 14.4. The van der Waals surface area contributed by atoms with E-state index in [9.17, 15) is 13.6 Å². The predicted octanol–water partition coefficient (Wildman–Crippen LogP) is 4.76. The zero-order valence-electron chi connectivity index (χ0n) is 16.6. The minimum atomic E-state index is -0.649. The van der Waals surface area contributed by atoms with Gasteiger partial charge in [0.25, 0.3) is 0 Å². The largest absolute Gasteiger partial charge is 0.345 e. The molecule has 5 rings (SSSR count). The first-order valence-electron chi connectivity index (χ1n) is 10.1. The first kappa shape index (κ1) is 19.7. The second kappa shape index (κ2) is 8.11. The number of thiazole rings is 1. The van der Waals surface area contributed by atoms with Gasteiger partial charge in [0.2, 0.25) is 0 Å². The summed E-state index contributed by atoms with van der Waals surface area (Å²) in [4.78, 5) is 20.8. The van der Waals surface area contributed by atoms with Crippen LogP contribution in [-0.4, -0.2) is 42.1 Å². The minimum absolute atomic E-state index is 0.106. The molecular formula is C23H20F2N4OS. The van der Waals surface area contributed by atoms with Crippen molar-refractivity contribution in [2.45, 2.75) is 6.54 Å². The summed E-state index contributed by atoms with van der Waals surface area (Å²) < 4.78 is 27.9. The fraction of sp³-hybridized carbons (Fsp3) is 0.217. The lowest BCUT2D eigenvalue weighted by Gasteiger charge is -2.34. The zero-order valence-corrected chi connectivity index (χ0v) is 17.5. The summed E-state index contributed by atoms with van der Waals surface area (Å²) >= 11 is 1.27. The van der Waals surface area contributed by atoms with Crippen molar-refractivity contribution in [3.8, 4) is 0 Å². The Labute approximate surface area is 181 Å². The first-order valence-corrected chi connectivity index (χ1v) is 10.9. The van der Waals surface area contributed by atoms with E-state index in [1.54, 1.807) is 4.90 Å². The number of halogens is 2. The number of carbonyl (C=O) groups is 1. The van der Waals surface area contributed by atoms with E-state index in [0.29, 0.717) is 42.6 Å². The maximum Gasteiger partial charge on any atom is 0.317 e. The average molecular weight is 439 g/mol. The van der Waals surface area contributed by atoms with E-state index in [0.717, 1.165) is 22.4 Å². The van der Waals surface area contributed by atoms with Crippen molar-refractivity contribution in [1.82, 2.24) is 15.2 Å². The molecule has 2 amide bonds. The van der Waals surface area contributed by atoms with Gasteiger partial charge < -0.3 is 15.1 Å². The molecule has 1 N–H and O–H groups in total. The standard InChI is InChI=1S/C23H20F2N4OS/c24-17-12-19(25)21-20(13-17)31-23(27-21)29-10-8-28(9-11-29)22(30)26-14-16-6-3-5-15-4-1-2-7-18(15)16/h1-7,12-13H,8-11,14H2,(H,26,30). The number of piperazine rings is 1. The van der Waals surface area contributed by atoms with Crippen molar-refractivity contribution in [3.63, 3.8) is 0 Å². The quantitative estimate of drug-likeness (QED) is 0.502. The molecule has 8 heteroatoms. The molecular weight excluding hydrogens is 418 g/mol. The first-order chi connectivity index (χ1) is 15.1. The Morgan fingerprint density at radius 2 is 1.81 bits per heavy atom. The van der Waals surface area contributed by atoms with Gasteiger partial charge in [-0.1, -0.05) is 53.8 Å². The molecule has 0 radical (unpaired) electrons. The molecule has 0 unspecified atom stereocenters. The van der Waals surface area contributed by atoms with Crippen LogP contribution in [0.5, 0.6) is 0 Å². The van der Waals surface area contributed by atoms with Gasteiger partial charge >= 0.3 is 6.03 Å². The van der Waals surface area contributed by atoms with Gasteiger partial charge in [-0.15, -0.1) is 0 Å². The molecule has 0 saturated carbocycles. The number of nitrogens with one attached hydrogen (secondary N) is 1. The Hall–Kier alpha value is -3.26. The van der Waals surface area contributed by atoms with Gasteiger partial charge in [-0.2, -0.15) is 0 Å². The van der Waals surface area contributed by atoms with Gasteiger partial charge in [0.05, 0.1) is 4.70 Å². The molecule has 1 fully saturated rings. The van der Waals surface area contributed by atoms with E-state index in [2.05, 4.69) is 28.5 Å². The maximum absolute atomic E-state index is 13.9. The summed E-state index contributed by atoms with van der Waals surface area (Å²) in [6.45, 7) is 2.71. The lowest BCUT2D eigenvalue weighted by Crippen LogP contribution is -2.51. The number of urea groups is 1. The number of fused-ring (bicyclic) bond motifs is 2. The van der Waals surface area contributed by atoms with Crippen LogP contribution in [0.4, 0.5) is 18.7 Å². The summed E-state index contributed by atoms with van der Waals surface area (Å²) in [5.41, 5.74) is 1.27. The number of hydrogen-bond donors (Lipinski definition) is 1. The fourth-order valence-electron chi connectivity index (χ4n) is 3.91. The summed E-state index contributed by atoms with van der Waals surface area (Å²) in [7, 11) is 0. The highest BCUT2D eigenvalue weighted by molar-refractivity contribution is 7.22. The average Bonchev–Trinajstić information content (AvgIpc) is 3.22. The van der Waals surface area contributed by atoms with Gasteiger partial charge in [0, 0.05) is 38.8 Å². The summed E-state index contributed by atoms with van der Waals surface area (Å²) in [6, 6.07) is 16.2. The number of carbonyl (C=O) groups excluding carboxylic acids is 1. The van der Waals surface area contributed by atoms with Gasteiger partial charge in [0.15, 0.2) is 10.9 Å². The van der Waals surface area contributed by atoms with E-state index in [1.807, 2.05) is 29.2 Å². The Morgan fingerprint density at radius 1 is 1.03 bits per heavy atom. The van der Waals surface area contributed by atoms with Crippen LogP contribution in [0.2, 0.25) is 0 Å². The molecule has 158 valence electrons. The van der Waals surface area contributed by atoms with Gasteiger partial charge in [0.1, 0.15) is 11.3 Å². The second-order valence-corrected chi connectivity index (χ2v) is 8.51. The molecule has 5 nitrogen and oxygen atoms in total. The molecule has 1 saturated heterocycles. The smallest absolute Gasteiger partial charge is 0.317 e. The molecule has 1 aliphatic rings. The van der Waals surface area contributed by atoms with Crippen molar-refractivity contribution in [2.75, 3.05) is 31.1 Å². The molecule has 1 aromatic heterocycles. The third-order valence-corrected chi connectivity index (χ3v) is 6.61. The maximum atomic E-state index is 13.9. The van der Waals surface area contributed by atoms with Crippen molar-refractivity contribution in [1.29, 1.82) is 0 Å². The molecule has 0 bridgehead atoms. The van der Waals surface area contributed by atoms with E-state index >= 15 is 0 Å². The van der Waals surface area contributed by atoms with Crippen molar-refractivity contribution in [2.24, 2.45) is 0 Å². The lowest BCUT2D eigenvalue weighted by molar-refractivity contribution is 0.194. The van der Waals surface area contributed by atoms with Crippen LogP contribution in [-0.2, 0) is 6.54 Å². The van der Waals surface area contributed by atoms with Crippen LogP contribution in [0.25, 0.3) is 21.0 Å². The molecule has 4 aromatic rings. The van der Waals surface area contributed by atoms with E-state index in [4.69, 9.17) is 0 Å². The van der Waals surface area contributed by atoms with Crippen LogP contribution in [0.15, 0.2) is 54.6 Å². The summed E-state index contributed by atoms with van der Waals surface area (Å²) in [5.74, 6) is -1.25. The molecule has 31 heavy (non-hydrogen) atoms. The summed E-state index contributed by atoms with van der Waals surface area (Å²) in [6.07, 6.45) is 0. The SMILES string of the molecule is O=C(NCc1cccc2ccccc12)N1CCN(c2nc3c(F)cc(F)cc3s2)CC1. The molecule has 1 aliphatic heterocycles. The topological polar surface area (TPSA) is 48.5 Å². The van der Waals surface area contributed by atoms with Crippen LogP contribution < -0.4 is 10.2 Å². The molecule has 0 spiro atoms. The van der Waals surface area contributed by atoms with Gasteiger partial charge in [-0.3, -0.25) is 0 Å². The summed E-state index contributed by atoms with van der Waals surface area (Å²) in [5, 5.41) is 5.95. The Balaban J connectivity index is 1.21. The third kappa shape index (κ3) is 3.90. The van der Waals surface area contributed by atoms with E-state index in [1.165, 1.54) is 17.4 Å².